The third-order valence-electron chi connectivity index (χ3n) is 9.79. The molecule has 12 nitrogen and oxygen atoms in total. The van der Waals surface area contributed by atoms with Gasteiger partial charge >= 0.3 is 12.0 Å². The zero-order chi connectivity index (χ0) is 36.5. The molecule has 3 aromatic carbocycles. The molecule has 2 aliphatic rings. The Hall–Kier alpha value is -5.56. The van der Waals surface area contributed by atoms with Crippen molar-refractivity contribution >= 4 is 35.2 Å². The minimum absolute atomic E-state index is 0.0450. The number of aromatic nitrogens is 2. The van der Waals surface area contributed by atoms with Crippen molar-refractivity contribution < 1.29 is 23.9 Å². The van der Waals surface area contributed by atoms with Gasteiger partial charge in [0.15, 0.2) is 11.6 Å². The molecule has 4 N–H and O–H groups in total. The van der Waals surface area contributed by atoms with Crippen LogP contribution >= 0.6 is 0 Å². The van der Waals surface area contributed by atoms with Gasteiger partial charge in [-0.2, -0.15) is 4.39 Å². The van der Waals surface area contributed by atoms with Crippen molar-refractivity contribution in [1.29, 1.82) is 0 Å². The van der Waals surface area contributed by atoms with Gasteiger partial charge in [0, 0.05) is 63.8 Å². The van der Waals surface area contributed by atoms with Gasteiger partial charge in [-0.25, -0.2) is 19.6 Å². The summed E-state index contributed by atoms with van der Waals surface area (Å²) in [6.07, 6.45) is 2.51. The molecule has 0 radical (unpaired) electrons. The van der Waals surface area contributed by atoms with Crippen LogP contribution in [0.4, 0.5) is 26.5 Å². The fraction of sp³-hybridized carbons (Fsp3) is 0.359. The third kappa shape index (κ3) is 9.21. The number of likely N-dealkylation sites (N-methyl/N-ethyl adjacent to an activating group) is 1. The number of hydrogen-bond acceptors (Lipinski definition) is 8. The van der Waals surface area contributed by atoms with Gasteiger partial charge in [0.1, 0.15) is 12.4 Å². The van der Waals surface area contributed by atoms with Crippen molar-refractivity contribution in [2.45, 2.75) is 31.2 Å². The van der Waals surface area contributed by atoms with E-state index in [0.717, 1.165) is 24.2 Å². The van der Waals surface area contributed by atoms with Crippen LogP contribution in [0, 0.1) is 11.7 Å². The van der Waals surface area contributed by atoms with Crippen LogP contribution in [0.3, 0.4) is 0 Å². The van der Waals surface area contributed by atoms with Gasteiger partial charge in [-0.05, 0) is 48.7 Å². The normalized spacial score (nSPS) is 17.0. The van der Waals surface area contributed by atoms with E-state index in [-0.39, 0.29) is 36.6 Å². The average molecular weight is 709 g/mol. The number of piperazine rings is 1. The number of nitrogens with zero attached hydrogens (tertiary/aromatic N) is 5. The molecule has 2 atom stereocenters. The molecule has 52 heavy (non-hydrogen) atoms. The molecule has 13 heteroatoms. The number of urea groups is 1. The summed E-state index contributed by atoms with van der Waals surface area (Å²) in [4.78, 5) is 52.4. The Morgan fingerprint density at radius 3 is 2.17 bits per heavy atom. The quantitative estimate of drug-likeness (QED) is 0.165. The van der Waals surface area contributed by atoms with Gasteiger partial charge in [-0.1, -0.05) is 72.8 Å². The number of amides is 3. The molecule has 2 aliphatic heterocycles. The molecule has 4 aromatic rings. The Morgan fingerprint density at radius 1 is 0.885 bits per heavy atom. The van der Waals surface area contributed by atoms with Gasteiger partial charge in [0.25, 0.3) is 0 Å². The average Bonchev–Trinajstić information content (AvgIpc) is 3.17. The number of carbonyl (C=O) groups excluding carboxylic acids is 2. The Labute approximate surface area is 303 Å². The number of halogens is 1. The van der Waals surface area contributed by atoms with E-state index in [1.807, 2.05) is 67.7 Å². The highest BCUT2D eigenvalue weighted by Gasteiger charge is 2.31. The number of rotatable bonds is 12. The maximum Gasteiger partial charge on any atom is 0.326 e. The molecule has 6 rings (SSSR count). The van der Waals surface area contributed by atoms with E-state index in [2.05, 4.69) is 30.8 Å². The number of aliphatic carboxylic acids is 1. The molecule has 0 aliphatic carbocycles. The summed E-state index contributed by atoms with van der Waals surface area (Å²) >= 11 is 0. The molecule has 1 aromatic heterocycles. The van der Waals surface area contributed by atoms with Crippen LogP contribution in [0.1, 0.15) is 35.4 Å². The number of piperidine rings is 1. The molecule has 2 fully saturated rings. The molecule has 2 saturated heterocycles. The molecule has 0 bridgehead atoms. The van der Waals surface area contributed by atoms with E-state index in [9.17, 15) is 19.5 Å². The summed E-state index contributed by atoms with van der Waals surface area (Å²) in [5, 5.41) is 18.8. The monoisotopic (exact) mass is 708 g/mol. The van der Waals surface area contributed by atoms with Crippen LogP contribution < -0.4 is 20.9 Å². The van der Waals surface area contributed by atoms with E-state index in [0.29, 0.717) is 50.3 Å². The maximum absolute atomic E-state index is 16.0. The first-order valence-electron chi connectivity index (χ1n) is 17.7. The van der Waals surface area contributed by atoms with E-state index < -0.39 is 29.7 Å². The second-order valence-electron chi connectivity index (χ2n) is 13.4. The summed E-state index contributed by atoms with van der Waals surface area (Å²) in [5.74, 6) is -2.60. The predicted octanol–water partition coefficient (Wildman–Crippen LogP) is 4.67. The topological polar surface area (TPSA) is 143 Å². The molecule has 1 unspecified atom stereocenters. The summed E-state index contributed by atoms with van der Waals surface area (Å²) < 4.78 is 16.0. The second-order valence-corrected chi connectivity index (χ2v) is 13.4. The van der Waals surface area contributed by atoms with Crippen molar-refractivity contribution in [3.05, 3.63) is 114 Å². The van der Waals surface area contributed by atoms with E-state index in [1.165, 1.54) is 6.33 Å². The number of nitrogens with one attached hydrogen (secondary N) is 3. The maximum atomic E-state index is 16.0. The van der Waals surface area contributed by atoms with Gasteiger partial charge in [0.05, 0.1) is 5.92 Å². The van der Waals surface area contributed by atoms with Gasteiger partial charge in [-0.3, -0.25) is 4.79 Å². The SMILES string of the molecule is CN1CCN(C(=O)Nc2ccc(C[C@H](NC(=O)C3CCCN(c4ncnc(NCC(c5ccccc5)c5ccccc5)c4F)C3)C(=O)O)cc2)CC1. The lowest BCUT2D eigenvalue weighted by Crippen LogP contribution is -2.49. The van der Waals surface area contributed by atoms with Gasteiger partial charge in [-0.15, -0.1) is 0 Å². The minimum Gasteiger partial charge on any atom is -0.480 e. The Morgan fingerprint density at radius 2 is 1.54 bits per heavy atom. The number of carbonyl (C=O) groups is 3. The number of hydrogen-bond donors (Lipinski definition) is 4. The highest BCUT2D eigenvalue weighted by atomic mass is 19.1. The molecule has 0 spiro atoms. The lowest BCUT2D eigenvalue weighted by molar-refractivity contribution is -0.142. The lowest BCUT2D eigenvalue weighted by atomic mass is 9.91. The molecule has 3 heterocycles. The summed E-state index contributed by atoms with van der Waals surface area (Å²) in [5.41, 5.74) is 3.47. The predicted molar refractivity (Wildman–Crippen MR) is 198 cm³/mol. The molecular weight excluding hydrogens is 663 g/mol. The summed E-state index contributed by atoms with van der Waals surface area (Å²) in [7, 11) is 2.02. The van der Waals surface area contributed by atoms with Crippen molar-refractivity contribution in [2.24, 2.45) is 5.92 Å². The first-order chi connectivity index (χ1) is 25.2. The van der Waals surface area contributed by atoms with Crippen molar-refractivity contribution in [1.82, 2.24) is 25.1 Å². The zero-order valence-corrected chi connectivity index (χ0v) is 29.2. The first kappa shape index (κ1) is 36.2. The molecule has 0 saturated carbocycles. The van der Waals surface area contributed by atoms with Crippen molar-refractivity contribution in [2.75, 3.05) is 68.4 Å². The Balaban J connectivity index is 1.06. The third-order valence-corrected chi connectivity index (χ3v) is 9.79. The van der Waals surface area contributed by atoms with Crippen LogP contribution in [0.25, 0.3) is 0 Å². The summed E-state index contributed by atoms with van der Waals surface area (Å²) in [6.45, 7) is 4.00. The number of benzene rings is 3. The van der Waals surface area contributed by atoms with Crippen LogP contribution in [0.2, 0.25) is 0 Å². The van der Waals surface area contributed by atoms with E-state index in [1.54, 1.807) is 34.1 Å². The Kier molecular flexibility index (Phi) is 11.9. The smallest absolute Gasteiger partial charge is 0.326 e. The van der Waals surface area contributed by atoms with Crippen LogP contribution in [0.15, 0.2) is 91.3 Å². The molecular formula is C39H45FN8O4. The highest BCUT2D eigenvalue weighted by Crippen LogP contribution is 2.29. The van der Waals surface area contributed by atoms with Gasteiger partial charge in [0.2, 0.25) is 11.7 Å². The lowest BCUT2D eigenvalue weighted by Gasteiger charge is -2.33. The largest absolute Gasteiger partial charge is 0.480 e. The number of carboxylic acid groups (broad SMARTS) is 1. The fourth-order valence-corrected chi connectivity index (χ4v) is 6.75. The van der Waals surface area contributed by atoms with E-state index >= 15 is 4.39 Å². The van der Waals surface area contributed by atoms with Crippen LogP contribution in [-0.4, -0.2) is 102 Å². The molecule has 272 valence electrons. The highest BCUT2D eigenvalue weighted by molar-refractivity contribution is 5.89. The fourth-order valence-electron chi connectivity index (χ4n) is 6.75. The standard InChI is InChI=1S/C39H45FN8O4/c1-46-19-21-47(22-20-46)39(52)44-31-16-14-27(15-17-31)23-33(38(50)51)45-37(49)30-13-8-18-48(25-30)36-34(40)35(42-26-43-36)41-24-32(28-9-4-2-5-10-28)29-11-6-3-7-12-29/h2-7,9-12,14-17,26,30,32-33H,8,13,18-25H2,1H3,(H,44,52)(H,45,49)(H,50,51)(H,41,42,43)/t30?,33-/m0/s1. The number of carboxylic acids is 1. The van der Waals surface area contributed by atoms with Crippen molar-refractivity contribution in [3.8, 4) is 0 Å². The number of anilines is 3. The summed E-state index contributed by atoms with van der Waals surface area (Å²) in [6, 6.07) is 25.6. The Bertz CT molecular complexity index is 1770. The van der Waals surface area contributed by atoms with Crippen molar-refractivity contribution in [3.63, 3.8) is 0 Å². The first-order valence-corrected chi connectivity index (χ1v) is 17.7. The minimum atomic E-state index is -1.16. The zero-order valence-electron chi connectivity index (χ0n) is 29.2. The van der Waals surface area contributed by atoms with Gasteiger partial charge < -0.3 is 35.8 Å². The molecule has 3 amide bonds. The van der Waals surface area contributed by atoms with Crippen LogP contribution in [-0.2, 0) is 16.0 Å². The second kappa shape index (κ2) is 17.1. The van der Waals surface area contributed by atoms with Crippen LogP contribution in [0.5, 0.6) is 0 Å². The van der Waals surface area contributed by atoms with E-state index in [4.69, 9.17) is 0 Å².